The molecule has 64 valence electrons. The Kier molecular flexibility index (Phi) is 2.43. The zero-order chi connectivity index (χ0) is 9.19. The maximum Gasteiger partial charge on any atom is 0.433 e. The second-order valence-corrected chi connectivity index (χ2v) is 2.69. The van der Waals surface area contributed by atoms with Crippen molar-refractivity contribution in [3.8, 4) is 0 Å². The highest BCUT2D eigenvalue weighted by atomic mass is 31.1. The average Bonchev–Trinajstić information content (AvgIpc) is 2.03. The van der Waals surface area contributed by atoms with Crippen LogP contribution in [0, 0.1) is 0 Å². The van der Waals surface area contributed by atoms with E-state index in [0.717, 1.165) is 18.3 Å². The normalized spacial score (nSPS) is 11.9. The summed E-state index contributed by atoms with van der Waals surface area (Å²) in [5.41, 5.74) is -0.977. The molecule has 0 saturated carbocycles. The van der Waals surface area contributed by atoms with Gasteiger partial charge >= 0.3 is 6.18 Å². The number of nitrogens with zero attached hydrogens (tertiary/aromatic N) is 1. The predicted molar refractivity (Wildman–Crippen MR) is 36.5 cm³/mol. The summed E-state index contributed by atoms with van der Waals surface area (Å²) in [4.78, 5) is 3.09. The molecule has 1 aromatic rings. The van der Waals surface area contributed by atoms with Crippen LogP contribution < -0.4 is 5.30 Å². The van der Waals surface area contributed by atoms with Crippen molar-refractivity contribution < 1.29 is 17.7 Å². The minimum atomic E-state index is -4.43. The molecule has 0 aliphatic rings. The molecule has 12 heavy (non-hydrogen) atoms. The van der Waals surface area contributed by atoms with Gasteiger partial charge in [0.15, 0.2) is 8.46 Å². The van der Waals surface area contributed by atoms with Gasteiger partial charge in [0.2, 0.25) is 0 Å². The molecule has 0 atom stereocenters. The summed E-state index contributed by atoms with van der Waals surface area (Å²) < 4.78 is 45.8. The molecule has 0 aliphatic heterocycles. The van der Waals surface area contributed by atoms with E-state index < -0.39 is 11.9 Å². The predicted octanol–water partition coefficient (Wildman–Crippen LogP) is 2.02. The molecule has 1 heterocycles. The molecule has 0 bridgehead atoms. The van der Waals surface area contributed by atoms with Crippen LogP contribution in [0.1, 0.15) is 5.69 Å². The molecule has 0 aromatic carbocycles. The summed E-state index contributed by atoms with van der Waals surface area (Å²) in [6.07, 6.45) is -3.50. The minimum Gasteiger partial charge on any atom is -0.269 e. The maximum absolute atomic E-state index is 11.9. The lowest BCUT2D eigenvalue weighted by Crippen LogP contribution is -2.09. The Hall–Kier alpha value is -0.960. The number of hydrogen-bond donors (Lipinski definition) is 0. The quantitative estimate of drug-likeness (QED) is 0.638. The van der Waals surface area contributed by atoms with Crippen LogP contribution in [0.15, 0.2) is 18.3 Å². The van der Waals surface area contributed by atoms with Crippen LogP contribution in [-0.2, 0) is 10.7 Å². The Morgan fingerprint density at radius 2 is 2.00 bits per heavy atom. The van der Waals surface area contributed by atoms with Crippen LogP contribution in [0.4, 0.5) is 13.2 Å². The van der Waals surface area contributed by atoms with E-state index in [1.165, 1.54) is 0 Å². The molecule has 0 saturated heterocycles. The first-order valence-electron chi connectivity index (χ1n) is 2.90. The smallest absolute Gasteiger partial charge is 0.269 e. The fourth-order valence-electron chi connectivity index (χ4n) is 0.608. The Balaban J connectivity index is 3.00. The van der Waals surface area contributed by atoms with Crippen LogP contribution in [0.25, 0.3) is 0 Å². The fourth-order valence-corrected chi connectivity index (χ4v) is 0.848. The molecule has 0 radical (unpaired) electrons. The molecule has 0 unspecified atom stereocenters. The Morgan fingerprint density at radius 1 is 1.33 bits per heavy atom. The summed E-state index contributed by atoms with van der Waals surface area (Å²) in [5.74, 6) is 0. The van der Waals surface area contributed by atoms with Gasteiger partial charge in [-0.2, -0.15) is 13.2 Å². The zero-order valence-corrected chi connectivity index (χ0v) is 6.56. The summed E-state index contributed by atoms with van der Waals surface area (Å²) in [6, 6.07) is 1.91. The number of halogens is 3. The Morgan fingerprint density at radius 3 is 2.33 bits per heavy atom. The SMILES string of the molecule is O=Pc1ccc(C(F)(F)F)nc1. The highest BCUT2D eigenvalue weighted by Gasteiger charge is 2.31. The number of aromatic nitrogens is 1. The monoisotopic (exact) mass is 193 g/mol. The standard InChI is InChI=1S/C6H3F3NOP/c7-6(8,9)5-2-1-4(12-11)3-10-5/h1-3H. The third-order valence-electron chi connectivity index (χ3n) is 1.14. The lowest BCUT2D eigenvalue weighted by atomic mass is 10.3. The van der Waals surface area contributed by atoms with Crippen molar-refractivity contribution in [2.24, 2.45) is 0 Å². The second-order valence-electron chi connectivity index (χ2n) is 1.99. The van der Waals surface area contributed by atoms with Crippen molar-refractivity contribution in [3.63, 3.8) is 0 Å². The summed E-state index contributed by atoms with van der Waals surface area (Å²) in [7, 11) is -0.331. The van der Waals surface area contributed by atoms with E-state index in [-0.39, 0.29) is 13.8 Å². The van der Waals surface area contributed by atoms with Crippen molar-refractivity contribution >= 4 is 13.8 Å². The van der Waals surface area contributed by atoms with Gasteiger partial charge in [-0.1, -0.05) is 0 Å². The van der Waals surface area contributed by atoms with Gasteiger partial charge in [0, 0.05) is 6.20 Å². The zero-order valence-electron chi connectivity index (χ0n) is 5.67. The fraction of sp³-hybridized carbons (Fsp3) is 0.167. The largest absolute Gasteiger partial charge is 0.433 e. The first kappa shape index (κ1) is 9.13. The molecule has 0 fully saturated rings. The average molecular weight is 193 g/mol. The van der Waals surface area contributed by atoms with Gasteiger partial charge < -0.3 is 0 Å². The van der Waals surface area contributed by atoms with Gasteiger partial charge in [-0.15, -0.1) is 0 Å². The van der Waals surface area contributed by atoms with Crippen molar-refractivity contribution in [2.45, 2.75) is 6.18 Å². The summed E-state index contributed by atoms with van der Waals surface area (Å²) >= 11 is 0. The third-order valence-corrected chi connectivity index (χ3v) is 1.62. The second kappa shape index (κ2) is 3.19. The molecular formula is C6H3F3NOP. The highest BCUT2D eigenvalue weighted by molar-refractivity contribution is 7.34. The van der Waals surface area contributed by atoms with Crippen molar-refractivity contribution in [1.82, 2.24) is 4.98 Å². The Labute approximate surface area is 67.6 Å². The third kappa shape index (κ3) is 2.01. The van der Waals surface area contributed by atoms with Crippen LogP contribution in [0.3, 0.4) is 0 Å². The van der Waals surface area contributed by atoms with Gasteiger partial charge in [-0.3, -0.25) is 9.55 Å². The lowest BCUT2D eigenvalue weighted by molar-refractivity contribution is -0.141. The van der Waals surface area contributed by atoms with Gasteiger partial charge in [-0.05, 0) is 12.1 Å². The molecule has 2 nitrogen and oxygen atoms in total. The first-order chi connectivity index (χ1) is 5.54. The van der Waals surface area contributed by atoms with Gasteiger partial charge in [0.25, 0.3) is 0 Å². The van der Waals surface area contributed by atoms with Gasteiger partial charge in [0.1, 0.15) is 5.69 Å². The van der Waals surface area contributed by atoms with E-state index in [4.69, 9.17) is 0 Å². The van der Waals surface area contributed by atoms with E-state index in [0.29, 0.717) is 0 Å². The van der Waals surface area contributed by atoms with Gasteiger partial charge in [-0.25, -0.2) is 0 Å². The van der Waals surface area contributed by atoms with Crippen LogP contribution in [0.2, 0.25) is 0 Å². The molecule has 0 aliphatic carbocycles. The van der Waals surface area contributed by atoms with E-state index in [1.54, 1.807) is 0 Å². The molecular weight excluding hydrogens is 190 g/mol. The number of rotatable bonds is 1. The first-order valence-corrected chi connectivity index (χ1v) is 3.72. The summed E-state index contributed by atoms with van der Waals surface area (Å²) in [5, 5.41) is 0.225. The van der Waals surface area contributed by atoms with Gasteiger partial charge in [0.05, 0.1) is 5.30 Å². The van der Waals surface area contributed by atoms with Crippen molar-refractivity contribution in [3.05, 3.63) is 24.0 Å². The van der Waals surface area contributed by atoms with Crippen LogP contribution in [-0.4, -0.2) is 4.98 Å². The number of pyridine rings is 1. The summed E-state index contributed by atoms with van der Waals surface area (Å²) in [6.45, 7) is 0. The topological polar surface area (TPSA) is 30.0 Å². The van der Waals surface area contributed by atoms with Crippen LogP contribution >= 0.6 is 8.46 Å². The van der Waals surface area contributed by atoms with E-state index in [9.17, 15) is 17.7 Å². The molecule has 1 aromatic heterocycles. The van der Waals surface area contributed by atoms with Crippen molar-refractivity contribution in [2.75, 3.05) is 0 Å². The van der Waals surface area contributed by atoms with E-state index in [2.05, 4.69) is 4.98 Å². The number of hydrogen-bond acceptors (Lipinski definition) is 2. The molecule has 1 rings (SSSR count). The molecule has 0 spiro atoms. The molecule has 6 heteroatoms. The maximum atomic E-state index is 11.9. The Bertz CT molecular complexity index is 282. The van der Waals surface area contributed by atoms with Crippen LogP contribution in [0.5, 0.6) is 0 Å². The van der Waals surface area contributed by atoms with E-state index >= 15 is 0 Å². The van der Waals surface area contributed by atoms with Crippen molar-refractivity contribution in [1.29, 1.82) is 0 Å². The molecule has 0 amide bonds. The lowest BCUT2D eigenvalue weighted by Gasteiger charge is -2.03. The highest BCUT2D eigenvalue weighted by Crippen LogP contribution is 2.26. The van der Waals surface area contributed by atoms with E-state index in [1.807, 2.05) is 0 Å². The molecule has 0 N–H and O–H groups in total. The minimum absolute atomic E-state index is 0.225. The number of alkyl halides is 3.